The van der Waals surface area contributed by atoms with Crippen molar-refractivity contribution in [3.8, 4) is 22.4 Å². The second-order valence-electron chi connectivity index (χ2n) is 5.95. The van der Waals surface area contributed by atoms with E-state index in [-0.39, 0.29) is 5.82 Å². The predicted octanol–water partition coefficient (Wildman–Crippen LogP) is 4.48. The summed E-state index contributed by atoms with van der Waals surface area (Å²) in [5.74, 6) is -0.198. The Morgan fingerprint density at radius 2 is 1.88 bits per heavy atom. The number of aromatic nitrogens is 2. The van der Waals surface area contributed by atoms with E-state index in [1.807, 2.05) is 36.7 Å². The second-order valence-corrected chi connectivity index (χ2v) is 5.95. The van der Waals surface area contributed by atoms with Gasteiger partial charge in [-0.3, -0.25) is 9.78 Å². The highest BCUT2D eigenvalue weighted by Gasteiger charge is 2.21. The van der Waals surface area contributed by atoms with Crippen LogP contribution in [0.3, 0.4) is 0 Å². The molecule has 0 saturated heterocycles. The topological polar surface area (TPSA) is 44.1 Å². The van der Waals surface area contributed by atoms with Crippen molar-refractivity contribution in [1.29, 1.82) is 0 Å². The molecule has 1 aliphatic heterocycles. The summed E-state index contributed by atoms with van der Waals surface area (Å²) in [7, 11) is 0. The van der Waals surface area contributed by atoms with Gasteiger partial charge in [0, 0.05) is 35.8 Å². The monoisotopic (exact) mass is 352 g/mol. The van der Waals surface area contributed by atoms with Crippen LogP contribution in [0.4, 0.5) is 4.39 Å². The molecular formula is C21H21FN2O2. The summed E-state index contributed by atoms with van der Waals surface area (Å²) in [6, 6.07) is 13.1. The van der Waals surface area contributed by atoms with Crippen molar-refractivity contribution in [3.05, 3.63) is 66.4 Å². The van der Waals surface area contributed by atoms with E-state index in [0.29, 0.717) is 13.1 Å². The number of hydrogen-bond donors (Lipinski definition) is 0. The Labute approximate surface area is 152 Å². The maximum absolute atomic E-state index is 13.2. The quantitative estimate of drug-likeness (QED) is 0.650. The van der Waals surface area contributed by atoms with Gasteiger partial charge in [-0.1, -0.05) is 12.1 Å². The third-order valence-corrected chi connectivity index (χ3v) is 4.34. The first kappa shape index (κ1) is 17.9. The van der Waals surface area contributed by atoms with Crippen LogP contribution in [0.5, 0.6) is 0 Å². The largest absolute Gasteiger partial charge is 0.468 e. The summed E-state index contributed by atoms with van der Waals surface area (Å²) in [5, 5.41) is 0. The fourth-order valence-corrected chi connectivity index (χ4v) is 3.22. The van der Waals surface area contributed by atoms with Crippen molar-refractivity contribution < 1.29 is 13.9 Å². The van der Waals surface area contributed by atoms with Gasteiger partial charge in [-0.15, -0.1) is 0 Å². The molecule has 0 saturated carbocycles. The summed E-state index contributed by atoms with van der Waals surface area (Å²) in [6.45, 7) is 3.71. The minimum Gasteiger partial charge on any atom is -0.468 e. The summed E-state index contributed by atoms with van der Waals surface area (Å²) in [5.41, 5.74) is 5.98. The molecule has 0 N–H and O–H groups in total. The number of benzene rings is 1. The SMILES string of the molecule is CCOC=O.Fc1ccc(-c2cc3n(c2-c2ccncc2)CCC3)cc1. The van der Waals surface area contributed by atoms with Crippen molar-refractivity contribution in [2.45, 2.75) is 26.3 Å². The molecule has 4 nitrogen and oxygen atoms in total. The van der Waals surface area contributed by atoms with Gasteiger partial charge in [0.05, 0.1) is 12.3 Å². The number of aryl methyl sites for hydroxylation is 1. The van der Waals surface area contributed by atoms with Gasteiger partial charge < -0.3 is 9.30 Å². The molecule has 4 rings (SSSR count). The Balaban J connectivity index is 0.000000349. The van der Waals surface area contributed by atoms with Crippen LogP contribution in [-0.2, 0) is 22.5 Å². The number of fused-ring (bicyclic) bond motifs is 1. The molecule has 0 aliphatic carbocycles. The molecule has 1 aromatic carbocycles. The number of carbonyl (C=O) groups excluding carboxylic acids is 1. The normalized spacial score (nSPS) is 12.1. The highest BCUT2D eigenvalue weighted by Crippen LogP contribution is 2.37. The lowest BCUT2D eigenvalue weighted by Gasteiger charge is -2.10. The van der Waals surface area contributed by atoms with Crippen LogP contribution in [0.2, 0.25) is 0 Å². The smallest absolute Gasteiger partial charge is 0.293 e. The van der Waals surface area contributed by atoms with E-state index < -0.39 is 0 Å². The second kappa shape index (κ2) is 8.43. The standard InChI is InChI=1S/C18H15FN2.C3H6O2/c19-15-5-3-13(4-6-15)17-12-16-2-1-11-21(16)18(17)14-7-9-20-10-8-14;1-2-5-3-4/h3-10,12H,1-2,11H2;3H,2H2,1H3. The van der Waals surface area contributed by atoms with Gasteiger partial charge in [-0.05, 0) is 55.7 Å². The molecule has 2 aromatic heterocycles. The minimum absolute atomic E-state index is 0.198. The molecule has 1 aliphatic rings. The first-order valence-electron chi connectivity index (χ1n) is 8.68. The van der Waals surface area contributed by atoms with E-state index in [2.05, 4.69) is 20.4 Å². The number of rotatable bonds is 4. The van der Waals surface area contributed by atoms with E-state index in [1.165, 1.54) is 35.5 Å². The molecule has 0 atom stereocenters. The fourth-order valence-electron chi connectivity index (χ4n) is 3.22. The molecule has 3 aromatic rings. The lowest BCUT2D eigenvalue weighted by molar-refractivity contribution is -0.128. The predicted molar refractivity (Wildman–Crippen MR) is 99.1 cm³/mol. The molecule has 0 amide bonds. The van der Waals surface area contributed by atoms with Crippen LogP contribution >= 0.6 is 0 Å². The first-order valence-corrected chi connectivity index (χ1v) is 8.68. The van der Waals surface area contributed by atoms with E-state index in [0.717, 1.165) is 24.1 Å². The summed E-state index contributed by atoms with van der Waals surface area (Å²) >= 11 is 0. The molecule has 134 valence electrons. The Hall–Kier alpha value is -2.95. The summed E-state index contributed by atoms with van der Waals surface area (Å²) in [6.07, 6.45) is 5.94. The average molecular weight is 352 g/mol. The Morgan fingerprint density at radius 3 is 2.50 bits per heavy atom. The number of ether oxygens (including phenoxy) is 1. The molecule has 0 fully saturated rings. The average Bonchev–Trinajstić information content (AvgIpc) is 3.25. The zero-order valence-electron chi connectivity index (χ0n) is 14.7. The van der Waals surface area contributed by atoms with Gasteiger partial charge in [-0.2, -0.15) is 0 Å². The van der Waals surface area contributed by atoms with Gasteiger partial charge in [0.15, 0.2) is 0 Å². The molecule has 26 heavy (non-hydrogen) atoms. The lowest BCUT2D eigenvalue weighted by Crippen LogP contribution is -1.96. The molecular weight excluding hydrogens is 331 g/mol. The molecule has 0 spiro atoms. The Bertz CT molecular complexity index is 858. The molecule has 0 unspecified atom stereocenters. The van der Waals surface area contributed by atoms with E-state index in [4.69, 9.17) is 0 Å². The van der Waals surface area contributed by atoms with Crippen molar-refractivity contribution in [3.63, 3.8) is 0 Å². The highest BCUT2D eigenvalue weighted by atomic mass is 19.1. The number of carbonyl (C=O) groups is 1. The molecule has 0 bridgehead atoms. The van der Waals surface area contributed by atoms with Crippen LogP contribution in [-0.4, -0.2) is 22.6 Å². The van der Waals surface area contributed by atoms with Crippen molar-refractivity contribution in [1.82, 2.24) is 9.55 Å². The minimum atomic E-state index is -0.198. The maximum atomic E-state index is 13.2. The number of nitrogens with zero attached hydrogens (tertiary/aromatic N) is 2. The van der Waals surface area contributed by atoms with E-state index in [9.17, 15) is 9.18 Å². The zero-order chi connectivity index (χ0) is 18.4. The van der Waals surface area contributed by atoms with Gasteiger partial charge in [-0.25, -0.2) is 4.39 Å². The molecule has 5 heteroatoms. The van der Waals surface area contributed by atoms with Crippen LogP contribution in [0.1, 0.15) is 19.0 Å². The number of halogens is 1. The van der Waals surface area contributed by atoms with E-state index in [1.54, 1.807) is 6.92 Å². The van der Waals surface area contributed by atoms with Crippen LogP contribution in [0.25, 0.3) is 22.4 Å². The van der Waals surface area contributed by atoms with Gasteiger partial charge in [0.1, 0.15) is 5.82 Å². The Kier molecular flexibility index (Phi) is 5.79. The number of pyridine rings is 1. The Morgan fingerprint density at radius 1 is 1.15 bits per heavy atom. The van der Waals surface area contributed by atoms with Crippen molar-refractivity contribution >= 4 is 6.47 Å². The summed E-state index contributed by atoms with van der Waals surface area (Å²) in [4.78, 5) is 13.3. The van der Waals surface area contributed by atoms with Crippen LogP contribution in [0, 0.1) is 5.82 Å². The summed E-state index contributed by atoms with van der Waals surface area (Å²) < 4.78 is 19.7. The third-order valence-electron chi connectivity index (χ3n) is 4.34. The van der Waals surface area contributed by atoms with Crippen molar-refractivity contribution in [2.75, 3.05) is 6.61 Å². The maximum Gasteiger partial charge on any atom is 0.293 e. The highest BCUT2D eigenvalue weighted by molar-refractivity contribution is 5.82. The molecule has 3 heterocycles. The van der Waals surface area contributed by atoms with Gasteiger partial charge >= 0.3 is 0 Å². The lowest BCUT2D eigenvalue weighted by atomic mass is 10.0. The van der Waals surface area contributed by atoms with Gasteiger partial charge in [0.2, 0.25) is 0 Å². The zero-order valence-corrected chi connectivity index (χ0v) is 14.7. The van der Waals surface area contributed by atoms with Crippen LogP contribution in [0.15, 0.2) is 54.9 Å². The van der Waals surface area contributed by atoms with Gasteiger partial charge in [0.25, 0.3) is 6.47 Å². The fraction of sp³-hybridized carbons (Fsp3) is 0.238. The van der Waals surface area contributed by atoms with E-state index >= 15 is 0 Å². The number of hydrogen-bond acceptors (Lipinski definition) is 3. The van der Waals surface area contributed by atoms with Crippen molar-refractivity contribution in [2.24, 2.45) is 0 Å². The van der Waals surface area contributed by atoms with Crippen LogP contribution < -0.4 is 0 Å². The third kappa shape index (κ3) is 3.82. The molecule has 0 radical (unpaired) electrons. The first-order chi connectivity index (χ1) is 12.7.